The Labute approximate surface area is 271 Å². The average Bonchev–Trinajstić information content (AvgIpc) is 3.47. The SMILES string of the molecule is C[C@@H](C(=O)NC1CCCC1)N(Cc1ccc(Cl)cc1Cl)C(=O)CN(c1ccc(C23CC4CC(CC(C4)C2)C3)cc1)S(C)(=O)=O. The van der Waals surface area contributed by atoms with Crippen LogP contribution in [0.25, 0.3) is 0 Å². The van der Waals surface area contributed by atoms with Crippen molar-refractivity contribution in [1.82, 2.24) is 10.2 Å². The largest absolute Gasteiger partial charge is 0.352 e. The number of hydrogen-bond donors (Lipinski definition) is 1. The summed E-state index contributed by atoms with van der Waals surface area (Å²) in [5.74, 6) is 1.67. The minimum absolute atomic E-state index is 0.0383. The zero-order chi connectivity index (χ0) is 31.2. The van der Waals surface area contributed by atoms with Gasteiger partial charge in [0, 0.05) is 22.6 Å². The maximum atomic E-state index is 14.0. The normalized spacial score (nSPS) is 26.9. The lowest BCUT2D eigenvalue weighted by Crippen LogP contribution is -2.52. The smallest absolute Gasteiger partial charge is 0.244 e. The van der Waals surface area contributed by atoms with E-state index in [1.54, 1.807) is 25.1 Å². The summed E-state index contributed by atoms with van der Waals surface area (Å²) in [5, 5.41) is 3.92. The van der Waals surface area contributed by atoms with E-state index in [1.165, 1.54) is 49.0 Å². The van der Waals surface area contributed by atoms with Gasteiger partial charge in [-0.2, -0.15) is 0 Å². The highest BCUT2D eigenvalue weighted by Crippen LogP contribution is 2.60. The van der Waals surface area contributed by atoms with Crippen LogP contribution in [0.3, 0.4) is 0 Å². The summed E-state index contributed by atoms with van der Waals surface area (Å²) in [4.78, 5) is 28.8. The lowest BCUT2D eigenvalue weighted by molar-refractivity contribution is -0.139. The maximum absolute atomic E-state index is 14.0. The molecule has 2 aromatic carbocycles. The predicted octanol–water partition coefficient (Wildman–Crippen LogP) is 6.70. The summed E-state index contributed by atoms with van der Waals surface area (Å²) >= 11 is 12.6. The standard InChI is InChI=1S/C34H43Cl2N3O4S/c1-22(33(41)37-29-5-3-4-6-29)38(20-26-7-10-28(35)16-31(26)36)32(40)21-39(44(2,42)43)30-11-8-27(9-12-30)34-17-23-13-24(18-34)15-25(14-23)19-34/h7-12,16,22-25,29H,3-6,13-15,17-21H2,1-2H3,(H,37,41)/t22-,23?,24?,25?,34?/m0/s1. The number of nitrogens with zero attached hydrogens (tertiary/aromatic N) is 2. The van der Waals surface area contributed by atoms with Gasteiger partial charge in [0.25, 0.3) is 0 Å². The van der Waals surface area contributed by atoms with Gasteiger partial charge in [-0.3, -0.25) is 13.9 Å². The number of rotatable bonds is 10. The molecule has 1 atom stereocenters. The van der Waals surface area contributed by atoms with Crippen molar-refractivity contribution in [3.63, 3.8) is 0 Å². The van der Waals surface area contributed by atoms with E-state index in [1.807, 2.05) is 12.1 Å². The topological polar surface area (TPSA) is 86.8 Å². The molecule has 5 aliphatic rings. The summed E-state index contributed by atoms with van der Waals surface area (Å²) < 4.78 is 27.4. The zero-order valence-corrected chi connectivity index (χ0v) is 27.9. The monoisotopic (exact) mass is 659 g/mol. The van der Waals surface area contributed by atoms with Crippen LogP contribution < -0.4 is 9.62 Å². The van der Waals surface area contributed by atoms with Gasteiger partial charge >= 0.3 is 0 Å². The Hall–Kier alpha value is -2.29. The molecule has 0 aliphatic heterocycles. The van der Waals surface area contributed by atoms with E-state index in [4.69, 9.17) is 23.2 Å². The van der Waals surface area contributed by atoms with Crippen molar-refractivity contribution < 1.29 is 18.0 Å². The molecule has 5 fully saturated rings. The summed E-state index contributed by atoms with van der Waals surface area (Å²) in [6.45, 7) is 1.29. The summed E-state index contributed by atoms with van der Waals surface area (Å²) in [6, 6.07) is 12.1. The van der Waals surface area contributed by atoms with Crippen molar-refractivity contribution in [2.45, 2.75) is 95.2 Å². The van der Waals surface area contributed by atoms with Crippen LogP contribution in [0, 0.1) is 17.8 Å². The van der Waals surface area contributed by atoms with Gasteiger partial charge in [-0.05, 0) is 117 Å². The third-order valence-electron chi connectivity index (χ3n) is 10.7. The second kappa shape index (κ2) is 12.5. The molecular formula is C34H43Cl2N3O4S. The number of amides is 2. The molecule has 0 saturated heterocycles. The van der Waals surface area contributed by atoms with Crippen LogP contribution in [0.5, 0.6) is 0 Å². The summed E-state index contributed by atoms with van der Waals surface area (Å²) in [7, 11) is -3.81. The molecule has 2 aromatic rings. The molecule has 5 saturated carbocycles. The lowest BCUT2D eigenvalue weighted by atomic mass is 9.48. The van der Waals surface area contributed by atoms with Gasteiger partial charge in [-0.1, -0.05) is 54.2 Å². The van der Waals surface area contributed by atoms with Crippen molar-refractivity contribution in [3.05, 3.63) is 63.6 Å². The molecule has 7 nitrogen and oxygen atoms in total. The summed E-state index contributed by atoms with van der Waals surface area (Å²) in [5.41, 5.74) is 2.55. The number of carbonyl (C=O) groups excluding carboxylic acids is 2. The second-order valence-electron chi connectivity index (χ2n) is 13.9. The molecule has 238 valence electrons. The van der Waals surface area contributed by atoms with Gasteiger partial charge in [0.2, 0.25) is 21.8 Å². The number of hydrogen-bond acceptors (Lipinski definition) is 4. The van der Waals surface area contributed by atoms with Crippen LogP contribution in [0.1, 0.15) is 82.3 Å². The van der Waals surface area contributed by atoms with Gasteiger partial charge in [0.1, 0.15) is 12.6 Å². The van der Waals surface area contributed by atoms with Crippen molar-refractivity contribution in [2.75, 3.05) is 17.1 Å². The first-order valence-electron chi connectivity index (χ1n) is 16.0. The van der Waals surface area contributed by atoms with E-state index < -0.39 is 28.5 Å². The molecule has 2 amide bonds. The Morgan fingerprint density at radius 2 is 1.55 bits per heavy atom. The van der Waals surface area contributed by atoms with Crippen LogP contribution >= 0.6 is 23.2 Å². The molecule has 0 heterocycles. The fourth-order valence-electron chi connectivity index (χ4n) is 8.87. The van der Waals surface area contributed by atoms with Gasteiger partial charge in [-0.15, -0.1) is 0 Å². The third kappa shape index (κ3) is 6.63. The number of carbonyl (C=O) groups is 2. The van der Waals surface area contributed by atoms with Crippen molar-refractivity contribution in [3.8, 4) is 0 Å². The highest BCUT2D eigenvalue weighted by Gasteiger charge is 2.51. The number of halogens is 2. The summed E-state index contributed by atoms with van der Waals surface area (Å²) in [6.07, 6.45) is 12.8. The number of nitrogens with one attached hydrogen (secondary N) is 1. The highest BCUT2D eigenvalue weighted by atomic mass is 35.5. The van der Waals surface area contributed by atoms with Crippen LogP contribution in [-0.2, 0) is 31.6 Å². The Kier molecular flexibility index (Phi) is 8.99. The van der Waals surface area contributed by atoms with E-state index in [2.05, 4.69) is 17.4 Å². The third-order valence-corrected chi connectivity index (χ3v) is 12.4. The predicted molar refractivity (Wildman–Crippen MR) is 175 cm³/mol. The molecule has 0 aromatic heterocycles. The second-order valence-corrected chi connectivity index (χ2v) is 16.7. The van der Waals surface area contributed by atoms with Gasteiger partial charge in [-0.25, -0.2) is 8.42 Å². The first-order chi connectivity index (χ1) is 20.9. The molecular weight excluding hydrogens is 617 g/mol. The first kappa shape index (κ1) is 31.7. The van der Waals surface area contributed by atoms with E-state index in [0.29, 0.717) is 21.3 Å². The Bertz CT molecular complexity index is 1470. The minimum Gasteiger partial charge on any atom is -0.352 e. The molecule has 4 bridgehead atoms. The van der Waals surface area contributed by atoms with Crippen LogP contribution in [0.15, 0.2) is 42.5 Å². The highest BCUT2D eigenvalue weighted by molar-refractivity contribution is 7.92. The average molecular weight is 661 g/mol. The van der Waals surface area contributed by atoms with E-state index in [-0.39, 0.29) is 23.9 Å². The Morgan fingerprint density at radius 1 is 0.955 bits per heavy atom. The molecule has 1 N–H and O–H groups in total. The van der Waals surface area contributed by atoms with Crippen LogP contribution in [0.2, 0.25) is 10.0 Å². The molecule has 7 rings (SSSR count). The molecule has 0 spiro atoms. The van der Waals surface area contributed by atoms with Gasteiger partial charge < -0.3 is 10.2 Å². The molecule has 10 heteroatoms. The number of benzene rings is 2. The van der Waals surface area contributed by atoms with Crippen molar-refractivity contribution >= 4 is 50.7 Å². The zero-order valence-electron chi connectivity index (χ0n) is 25.6. The van der Waals surface area contributed by atoms with E-state index in [9.17, 15) is 18.0 Å². The molecule has 5 aliphatic carbocycles. The van der Waals surface area contributed by atoms with E-state index >= 15 is 0 Å². The van der Waals surface area contributed by atoms with Gasteiger partial charge in [0.05, 0.1) is 11.9 Å². The van der Waals surface area contributed by atoms with E-state index in [0.717, 1.165) is 54.0 Å². The fourth-order valence-corrected chi connectivity index (χ4v) is 10.2. The quantitative estimate of drug-likeness (QED) is 0.307. The maximum Gasteiger partial charge on any atom is 0.244 e. The molecule has 0 unspecified atom stereocenters. The van der Waals surface area contributed by atoms with Crippen LogP contribution in [0.4, 0.5) is 5.69 Å². The Balaban J connectivity index is 1.24. The van der Waals surface area contributed by atoms with Crippen LogP contribution in [-0.4, -0.2) is 50.0 Å². The fraction of sp³-hybridized carbons (Fsp3) is 0.588. The molecule has 44 heavy (non-hydrogen) atoms. The lowest BCUT2D eigenvalue weighted by Gasteiger charge is -2.57. The minimum atomic E-state index is -3.81. The number of anilines is 1. The van der Waals surface area contributed by atoms with Crippen molar-refractivity contribution in [1.29, 1.82) is 0 Å². The van der Waals surface area contributed by atoms with Gasteiger partial charge in [0.15, 0.2) is 0 Å². The number of sulfonamides is 1. The molecule has 0 radical (unpaired) electrons. The van der Waals surface area contributed by atoms with Crippen molar-refractivity contribution in [2.24, 2.45) is 17.8 Å². The Morgan fingerprint density at radius 3 is 2.09 bits per heavy atom. The first-order valence-corrected chi connectivity index (χ1v) is 18.6.